The molecule has 0 bridgehead atoms. The first kappa shape index (κ1) is 22.5. The van der Waals surface area contributed by atoms with Crippen molar-refractivity contribution in [3.05, 3.63) is 42.4 Å². The zero-order valence-corrected chi connectivity index (χ0v) is 15.9. The van der Waals surface area contributed by atoms with Crippen molar-refractivity contribution >= 4 is 17.8 Å². The Morgan fingerprint density at radius 2 is 1.94 bits per heavy atom. The maximum Gasteiger partial charge on any atom is 0.490 e. The van der Waals surface area contributed by atoms with Gasteiger partial charge in [0.05, 0.1) is 43.8 Å². The van der Waals surface area contributed by atoms with Crippen molar-refractivity contribution in [1.29, 1.82) is 0 Å². The summed E-state index contributed by atoms with van der Waals surface area (Å²) in [5.41, 5.74) is 0. The number of halogens is 4. The number of ether oxygens (including phenoxy) is 1. The number of hydrogen-bond acceptors (Lipinski definition) is 7. The first-order valence-corrected chi connectivity index (χ1v) is 9.09. The van der Waals surface area contributed by atoms with E-state index >= 15 is 0 Å². The van der Waals surface area contributed by atoms with Crippen LogP contribution in [0.25, 0.3) is 0 Å². The summed E-state index contributed by atoms with van der Waals surface area (Å²) in [5, 5.41) is 10.0. The lowest BCUT2D eigenvalue weighted by molar-refractivity contribution is -0.192. The van der Waals surface area contributed by atoms with Gasteiger partial charge in [-0.3, -0.25) is 4.79 Å². The SMILES string of the molecule is O=C(NCc1ccco1)[C@H]1CO[C@@H]2CN(c3ncc(F)cn3)C[C@H]12.O=C(O)C(F)(F)F. The van der Waals surface area contributed by atoms with Crippen molar-refractivity contribution in [3.63, 3.8) is 0 Å². The number of anilines is 1. The number of carboxylic acid groups (broad SMARTS) is 1. The third-order valence-corrected chi connectivity index (χ3v) is 4.80. The monoisotopic (exact) mass is 446 g/mol. The highest BCUT2D eigenvalue weighted by Crippen LogP contribution is 2.35. The number of furan rings is 1. The van der Waals surface area contributed by atoms with E-state index in [1.54, 1.807) is 12.3 Å². The molecule has 0 aliphatic carbocycles. The molecule has 31 heavy (non-hydrogen) atoms. The average molecular weight is 446 g/mol. The molecule has 0 aromatic carbocycles. The fraction of sp³-hybridized carbons (Fsp3) is 0.444. The Morgan fingerprint density at radius 1 is 1.26 bits per heavy atom. The summed E-state index contributed by atoms with van der Waals surface area (Å²) in [6.07, 6.45) is -1.25. The van der Waals surface area contributed by atoms with Crippen LogP contribution >= 0.6 is 0 Å². The molecule has 3 atom stereocenters. The molecule has 0 saturated carbocycles. The van der Waals surface area contributed by atoms with Crippen molar-refractivity contribution < 1.29 is 41.4 Å². The van der Waals surface area contributed by atoms with Gasteiger partial charge in [0.1, 0.15) is 5.76 Å². The van der Waals surface area contributed by atoms with Crippen LogP contribution in [0, 0.1) is 17.7 Å². The van der Waals surface area contributed by atoms with Crippen molar-refractivity contribution in [2.45, 2.75) is 18.8 Å². The predicted octanol–water partition coefficient (Wildman–Crippen LogP) is 1.61. The summed E-state index contributed by atoms with van der Waals surface area (Å²) < 4.78 is 55.7. The number of nitrogens with zero attached hydrogens (tertiary/aromatic N) is 3. The molecule has 4 rings (SSSR count). The largest absolute Gasteiger partial charge is 0.490 e. The van der Waals surface area contributed by atoms with E-state index < -0.39 is 18.0 Å². The van der Waals surface area contributed by atoms with E-state index in [9.17, 15) is 22.4 Å². The molecular formula is C18H18F4N4O5. The molecule has 0 unspecified atom stereocenters. The first-order chi connectivity index (χ1) is 14.6. The van der Waals surface area contributed by atoms with Gasteiger partial charge in [-0.15, -0.1) is 0 Å². The molecule has 1 amide bonds. The van der Waals surface area contributed by atoms with Crippen LogP contribution in [0.2, 0.25) is 0 Å². The third-order valence-electron chi connectivity index (χ3n) is 4.80. The highest BCUT2D eigenvalue weighted by molar-refractivity contribution is 5.79. The van der Waals surface area contributed by atoms with Gasteiger partial charge in [0.15, 0.2) is 5.82 Å². The normalized spacial score (nSPS) is 22.5. The minimum Gasteiger partial charge on any atom is -0.475 e. The number of amides is 1. The summed E-state index contributed by atoms with van der Waals surface area (Å²) in [6, 6.07) is 3.60. The lowest BCUT2D eigenvalue weighted by atomic mass is 9.92. The van der Waals surface area contributed by atoms with Crippen molar-refractivity contribution in [2.24, 2.45) is 11.8 Å². The van der Waals surface area contributed by atoms with E-state index in [4.69, 9.17) is 19.1 Å². The molecule has 2 fully saturated rings. The molecule has 2 aromatic rings. The van der Waals surface area contributed by atoms with Crippen molar-refractivity contribution in [2.75, 3.05) is 24.6 Å². The second kappa shape index (κ2) is 9.29. The molecule has 4 heterocycles. The Balaban J connectivity index is 0.000000339. The van der Waals surface area contributed by atoms with Crippen molar-refractivity contribution in [3.8, 4) is 0 Å². The summed E-state index contributed by atoms with van der Waals surface area (Å²) in [4.78, 5) is 31.3. The van der Waals surface area contributed by atoms with Gasteiger partial charge >= 0.3 is 12.1 Å². The number of carbonyl (C=O) groups is 2. The maximum absolute atomic E-state index is 12.9. The Labute approximate surface area is 173 Å². The van der Waals surface area contributed by atoms with Crippen LogP contribution in [0.3, 0.4) is 0 Å². The highest BCUT2D eigenvalue weighted by Gasteiger charge is 2.47. The minimum atomic E-state index is -5.08. The van der Waals surface area contributed by atoms with Gasteiger partial charge in [-0.25, -0.2) is 19.2 Å². The van der Waals surface area contributed by atoms with E-state index in [-0.39, 0.29) is 23.8 Å². The predicted molar refractivity (Wildman–Crippen MR) is 95.2 cm³/mol. The zero-order valence-electron chi connectivity index (χ0n) is 15.9. The Morgan fingerprint density at radius 3 is 2.52 bits per heavy atom. The van der Waals surface area contributed by atoms with E-state index in [1.807, 2.05) is 11.0 Å². The summed E-state index contributed by atoms with van der Waals surface area (Å²) in [6.45, 7) is 2.01. The van der Waals surface area contributed by atoms with Gasteiger partial charge in [-0.2, -0.15) is 13.2 Å². The van der Waals surface area contributed by atoms with Gasteiger partial charge in [0.25, 0.3) is 0 Å². The molecule has 2 aliphatic rings. The molecule has 168 valence electrons. The fourth-order valence-corrected chi connectivity index (χ4v) is 3.33. The van der Waals surface area contributed by atoms with Gasteiger partial charge in [-0.1, -0.05) is 0 Å². The van der Waals surface area contributed by atoms with Crippen LogP contribution < -0.4 is 10.2 Å². The van der Waals surface area contributed by atoms with E-state index in [0.29, 0.717) is 37.9 Å². The van der Waals surface area contributed by atoms with E-state index in [2.05, 4.69) is 15.3 Å². The second-order valence-electron chi connectivity index (χ2n) is 6.85. The topological polar surface area (TPSA) is 118 Å². The number of aromatic nitrogens is 2. The van der Waals surface area contributed by atoms with Crippen LogP contribution in [0.15, 0.2) is 35.2 Å². The van der Waals surface area contributed by atoms with Crippen LogP contribution in [-0.2, 0) is 20.9 Å². The number of nitrogens with one attached hydrogen (secondary N) is 1. The van der Waals surface area contributed by atoms with Gasteiger partial charge in [-0.05, 0) is 12.1 Å². The molecular weight excluding hydrogens is 428 g/mol. The lowest BCUT2D eigenvalue weighted by Crippen LogP contribution is -2.36. The van der Waals surface area contributed by atoms with Crippen LogP contribution in [0.5, 0.6) is 0 Å². The van der Waals surface area contributed by atoms with Crippen LogP contribution in [0.1, 0.15) is 5.76 Å². The maximum atomic E-state index is 12.9. The van der Waals surface area contributed by atoms with Gasteiger partial charge < -0.3 is 24.5 Å². The van der Waals surface area contributed by atoms with Crippen LogP contribution in [-0.4, -0.2) is 58.9 Å². The molecule has 2 N–H and O–H groups in total. The smallest absolute Gasteiger partial charge is 0.475 e. The Hall–Kier alpha value is -3.22. The Kier molecular flexibility index (Phi) is 6.73. The standard InChI is InChI=1S/C16H17FN4O3.C2HF3O2/c17-10-4-19-16(20-5-10)21-7-12-13(9-24-14(12)8-21)15(22)18-6-11-2-1-3-23-11;3-2(4,5)1(6)7/h1-5,12-14H,6-9H2,(H,18,22);(H,6,7)/t12-,13+,14-;/m1./s1. The molecule has 13 heteroatoms. The Bertz CT molecular complexity index is 891. The van der Waals surface area contributed by atoms with E-state index in [0.717, 1.165) is 12.4 Å². The third kappa shape index (κ3) is 5.69. The quantitative estimate of drug-likeness (QED) is 0.681. The van der Waals surface area contributed by atoms with E-state index in [1.165, 1.54) is 0 Å². The number of aliphatic carboxylic acids is 1. The lowest BCUT2D eigenvalue weighted by Gasteiger charge is -2.19. The number of carbonyl (C=O) groups excluding carboxylic acids is 1. The first-order valence-electron chi connectivity index (χ1n) is 9.09. The fourth-order valence-electron chi connectivity index (χ4n) is 3.33. The minimum absolute atomic E-state index is 0.0296. The summed E-state index contributed by atoms with van der Waals surface area (Å²) >= 11 is 0. The highest BCUT2D eigenvalue weighted by atomic mass is 19.4. The summed E-state index contributed by atoms with van der Waals surface area (Å²) in [7, 11) is 0. The van der Waals surface area contributed by atoms with Crippen molar-refractivity contribution in [1.82, 2.24) is 15.3 Å². The zero-order chi connectivity index (χ0) is 22.6. The molecule has 9 nitrogen and oxygen atoms in total. The van der Waals surface area contributed by atoms with Gasteiger partial charge in [0, 0.05) is 19.0 Å². The number of alkyl halides is 3. The number of fused-ring (bicyclic) bond motifs is 1. The molecule has 0 spiro atoms. The molecule has 2 saturated heterocycles. The molecule has 2 aromatic heterocycles. The summed E-state index contributed by atoms with van der Waals surface area (Å²) in [5.74, 6) is -2.22. The second-order valence-corrected chi connectivity index (χ2v) is 6.85. The molecule has 0 radical (unpaired) electrons. The number of hydrogen-bond donors (Lipinski definition) is 2. The van der Waals surface area contributed by atoms with Gasteiger partial charge in [0.2, 0.25) is 11.9 Å². The average Bonchev–Trinajstić information content (AvgIpc) is 3.43. The van der Waals surface area contributed by atoms with Crippen LogP contribution in [0.4, 0.5) is 23.5 Å². The molecule has 2 aliphatic heterocycles. The number of carboxylic acids is 1. The number of rotatable bonds is 4.